The van der Waals surface area contributed by atoms with Crippen LogP contribution in [0.1, 0.15) is 59.8 Å². The van der Waals surface area contributed by atoms with Crippen molar-refractivity contribution < 1.29 is 14.7 Å². The lowest BCUT2D eigenvalue weighted by Gasteiger charge is -2.42. The Morgan fingerprint density at radius 2 is 1.72 bits per heavy atom. The van der Waals surface area contributed by atoms with Gasteiger partial charge < -0.3 is 9.94 Å². The largest absolute Gasteiger partial charge is 0.469 e. The summed E-state index contributed by atoms with van der Waals surface area (Å²) in [5.74, 6) is -0.427. The minimum absolute atomic E-state index is 0.193. The predicted octanol–water partition coefficient (Wildman–Crippen LogP) is 2.99. The Balaban J connectivity index is 3.22. The van der Waals surface area contributed by atoms with E-state index >= 15 is 0 Å². The fourth-order valence-corrected chi connectivity index (χ4v) is 3.60. The first kappa shape index (κ1) is 15.4. The Morgan fingerprint density at radius 1 is 1.22 bits per heavy atom. The predicted molar refractivity (Wildman–Crippen MR) is 70.4 cm³/mol. The van der Waals surface area contributed by atoms with Crippen molar-refractivity contribution >= 4 is 5.97 Å². The van der Waals surface area contributed by atoms with Crippen LogP contribution in [0.25, 0.3) is 0 Å². The second kappa shape index (κ2) is 5.57. The lowest BCUT2D eigenvalue weighted by atomic mass is 9.79. The molecule has 1 N–H and O–H groups in total. The molecule has 4 nitrogen and oxygen atoms in total. The summed E-state index contributed by atoms with van der Waals surface area (Å²) in [4.78, 5) is 12.1. The highest BCUT2D eigenvalue weighted by Gasteiger charge is 2.60. The van der Waals surface area contributed by atoms with E-state index in [2.05, 4.69) is 13.8 Å². The zero-order chi connectivity index (χ0) is 14.0. The van der Waals surface area contributed by atoms with Crippen molar-refractivity contribution in [3.8, 4) is 0 Å². The first-order chi connectivity index (χ1) is 8.47. The van der Waals surface area contributed by atoms with Crippen LogP contribution >= 0.6 is 0 Å². The molecule has 0 aliphatic carbocycles. The van der Waals surface area contributed by atoms with Gasteiger partial charge in [0, 0.05) is 5.54 Å². The molecule has 1 saturated heterocycles. The van der Waals surface area contributed by atoms with Gasteiger partial charge >= 0.3 is 5.97 Å². The normalized spacial score (nSPS) is 26.2. The minimum Gasteiger partial charge on any atom is -0.469 e. The average Bonchev–Trinajstić information content (AvgIpc) is 2.68. The molecular weight excluding hydrogens is 230 g/mol. The van der Waals surface area contributed by atoms with E-state index in [0.717, 1.165) is 25.7 Å². The standard InChI is InChI=1S/C14H27NO3/c1-6-13(7-2)10-11(12(16)18-5)14(8-3,9-4)15(13)17/h11,17H,6-10H2,1-5H3. The molecule has 1 aliphatic heterocycles. The number of hydroxylamine groups is 2. The van der Waals surface area contributed by atoms with Gasteiger partial charge in [0.1, 0.15) is 0 Å². The van der Waals surface area contributed by atoms with Gasteiger partial charge in [0.2, 0.25) is 0 Å². The summed E-state index contributed by atoms with van der Waals surface area (Å²) in [6.07, 6.45) is 3.87. The zero-order valence-electron chi connectivity index (χ0n) is 12.3. The molecule has 0 aromatic carbocycles. The van der Waals surface area contributed by atoms with E-state index in [-0.39, 0.29) is 17.4 Å². The number of carbonyl (C=O) groups excluding carboxylic acids is 1. The van der Waals surface area contributed by atoms with Crippen LogP contribution in [0.5, 0.6) is 0 Å². The molecule has 4 heteroatoms. The molecule has 18 heavy (non-hydrogen) atoms. The molecule has 0 radical (unpaired) electrons. The van der Waals surface area contributed by atoms with Crippen molar-refractivity contribution in [2.45, 2.75) is 70.9 Å². The average molecular weight is 257 g/mol. The molecule has 0 spiro atoms. The summed E-state index contributed by atoms with van der Waals surface area (Å²) in [5.41, 5.74) is -0.760. The van der Waals surface area contributed by atoms with Crippen molar-refractivity contribution in [2.75, 3.05) is 7.11 Å². The zero-order valence-corrected chi connectivity index (χ0v) is 12.3. The number of hydrogen-bond donors (Lipinski definition) is 1. The third-order valence-electron chi connectivity index (χ3n) is 5.13. The number of ether oxygens (including phenoxy) is 1. The van der Waals surface area contributed by atoms with E-state index in [4.69, 9.17) is 4.74 Å². The lowest BCUT2D eigenvalue weighted by molar-refractivity contribution is -0.222. The maximum absolute atomic E-state index is 12.1. The Kier molecular flexibility index (Phi) is 4.78. The van der Waals surface area contributed by atoms with Crippen LogP contribution in [0.2, 0.25) is 0 Å². The SMILES string of the molecule is CCC1(CC)CC(C(=O)OC)C(CC)(CC)N1O. The van der Waals surface area contributed by atoms with Gasteiger partial charge in [-0.3, -0.25) is 4.79 Å². The van der Waals surface area contributed by atoms with Crippen LogP contribution < -0.4 is 0 Å². The van der Waals surface area contributed by atoms with Crippen LogP contribution in [0.15, 0.2) is 0 Å². The maximum Gasteiger partial charge on any atom is 0.310 e. The summed E-state index contributed by atoms with van der Waals surface area (Å²) in [6, 6.07) is 0. The molecule has 0 aromatic rings. The minimum atomic E-state index is -0.473. The lowest BCUT2D eigenvalue weighted by Crippen LogP contribution is -2.53. The second-order valence-corrected chi connectivity index (χ2v) is 5.33. The van der Waals surface area contributed by atoms with E-state index in [0.29, 0.717) is 6.42 Å². The molecule has 1 aliphatic rings. The van der Waals surface area contributed by atoms with Crippen molar-refractivity contribution in [2.24, 2.45) is 5.92 Å². The Labute approximate surface area is 110 Å². The van der Waals surface area contributed by atoms with Crippen LogP contribution in [0.3, 0.4) is 0 Å². The molecule has 0 saturated carbocycles. The van der Waals surface area contributed by atoms with Crippen molar-refractivity contribution in [1.29, 1.82) is 0 Å². The third-order valence-corrected chi connectivity index (χ3v) is 5.13. The van der Waals surface area contributed by atoms with Crippen molar-refractivity contribution in [1.82, 2.24) is 5.06 Å². The van der Waals surface area contributed by atoms with Crippen LogP contribution in [0, 0.1) is 5.92 Å². The number of nitrogens with zero attached hydrogens (tertiary/aromatic N) is 1. The van der Waals surface area contributed by atoms with E-state index in [9.17, 15) is 10.0 Å². The van der Waals surface area contributed by atoms with Gasteiger partial charge in [-0.15, -0.1) is 0 Å². The molecule has 0 aromatic heterocycles. The highest BCUT2D eigenvalue weighted by atomic mass is 16.5. The van der Waals surface area contributed by atoms with Crippen LogP contribution in [0.4, 0.5) is 0 Å². The highest BCUT2D eigenvalue weighted by molar-refractivity contribution is 5.74. The van der Waals surface area contributed by atoms with Gasteiger partial charge in [0.15, 0.2) is 0 Å². The summed E-state index contributed by atoms with van der Waals surface area (Å²) in [6.45, 7) is 8.21. The van der Waals surface area contributed by atoms with E-state index in [1.165, 1.54) is 12.2 Å². The number of carbonyl (C=O) groups is 1. The number of methoxy groups -OCH3 is 1. The summed E-state index contributed by atoms with van der Waals surface area (Å²) in [5, 5.41) is 12.2. The summed E-state index contributed by atoms with van der Waals surface area (Å²) in [7, 11) is 1.43. The maximum atomic E-state index is 12.1. The highest BCUT2D eigenvalue weighted by Crippen LogP contribution is 2.51. The Hall–Kier alpha value is -0.610. The van der Waals surface area contributed by atoms with E-state index < -0.39 is 5.54 Å². The molecule has 1 unspecified atom stereocenters. The van der Waals surface area contributed by atoms with Crippen molar-refractivity contribution in [3.05, 3.63) is 0 Å². The topological polar surface area (TPSA) is 49.8 Å². The molecular formula is C14H27NO3. The number of rotatable bonds is 5. The van der Waals surface area contributed by atoms with Crippen LogP contribution in [-0.2, 0) is 9.53 Å². The van der Waals surface area contributed by atoms with Gasteiger partial charge in [-0.1, -0.05) is 27.7 Å². The smallest absolute Gasteiger partial charge is 0.310 e. The number of hydrogen-bond acceptors (Lipinski definition) is 4. The molecule has 106 valence electrons. The third kappa shape index (κ3) is 1.95. The number of esters is 1. The summed E-state index contributed by atoms with van der Waals surface area (Å²) >= 11 is 0. The Morgan fingerprint density at radius 3 is 2.06 bits per heavy atom. The van der Waals surface area contributed by atoms with Gasteiger partial charge in [0.05, 0.1) is 18.6 Å². The molecule has 1 rings (SSSR count). The van der Waals surface area contributed by atoms with Gasteiger partial charge in [-0.2, -0.15) is 5.06 Å². The van der Waals surface area contributed by atoms with Gasteiger partial charge in [-0.25, -0.2) is 0 Å². The molecule has 1 fully saturated rings. The fourth-order valence-electron chi connectivity index (χ4n) is 3.60. The molecule has 0 amide bonds. The fraction of sp³-hybridized carbons (Fsp3) is 0.929. The second-order valence-electron chi connectivity index (χ2n) is 5.33. The monoisotopic (exact) mass is 257 g/mol. The van der Waals surface area contributed by atoms with E-state index in [1.807, 2.05) is 13.8 Å². The molecule has 0 bridgehead atoms. The van der Waals surface area contributed by atoms with Crippen LogP contribution in [-0.4, -0.2) is 34.4 Å². The molecule has 1 heterocycles. The Bertz CT molecular complexity index is 295. The quantitative estimate of drug-likeness (QED) is 0.769. The van der Waals surface area contributed by atoms with Gasteiger partial charge in [-0.05, 0) is 32.1 Å². The first-order valence-corrected chi connectivity index (χ1v) is 7.05. The summed E-state index contributed by atoms with van der Waals surface area (Å²) < 4.78 is 4.95. The first-order valence-electron chi connectivity index (χ1n) is 7.05. The van der Waals surface area contributed by atoms with Gasteiger partial charge in [0.25, 0.3) is 0 Å². The van der Waals surface area contributed by atoms with E-state index in [1.54, 1.807) is 0 Å². The molecule has 1 atom stereocenters. The van der Waals surface area contributed by atoms with Crippen molar-refractivity contribution in [3.63, 3.8) is 0 Å².